The number of nitrogens with two attached hydrogens (primary N) is 1. The predicted octanol–water partition coefficient (Wildman–Crippen LogP) is 2.03. The van der Waals surface area contributed by atoms with Gasteiger partial charge in [-0.3, -0.25) is 9.59 Å². The summed E-state index contributed by atoms with van der Waals surface area (Å²) in [4.78, 5) is 24.1. The molecule has 0 spiro atoms. The monoisotopic (exact) mass is 328 g/mol. The van der Waals surface area contributed by atoms with Gasteiger partial charge in [0.2, 0.25) is 5.91 Å². The molecule has 0 unspecified atom stereocenters. The molecule has 2 aromatic rings. The van der Waals surface area contributed by atoms with E-state index in [-0.39, 0.29) is 24.7 Å². The Morgan fingerprint density at radius 1 is 1.17 bits per heavy atom. The fourth-order valence-electron chi connectivity index (χ4n) is 2.62. The highest BCUT2D eigenvalue weighted by molar-refractivity contribution is 5.90. The number of Topliss-reactive ketones (excluding diaryl/α,β-unsaturated/α-hetero) is 1. The van der Waals surface area contributed by atoms with Gasteiger partial charge in [-0.1, -0.05) is 49.4 Å². The lowest BCUT2D eigenvalue weighted by Gasteiger charge is -2.15. The maximum absolute atomic E-state index is 12.2. The van der Waals surface area contributed by atoms with Crippen molar-refractivity contribution in [3.05, 3.63) is 48.0 Å². The normalized spacial score (nSPS) is 13.5. The van der Waals surface area contributed by atoms with Crippen molar-refractivity contribution in [2.45, 2.75) is 25.9 Å². The fourth-order valence-corrected chi connectivity index (χ4v) is 2.62. The Morgan fingerprint density at radius 2 is 1.88 bits per heavy atom. The zero-order chi connectivity index (χ0) is 17.5. The van der Waals surface area contributed by atoms with E-state index in [1.165, 1.54) is 7.11 Å². The topological polar surface area (TPSA) is 81.4 Å². The summed E-state index contributed by atoms with van der Waals surface area (Å²) in [6.45, 7) is 2.34. The molecule has 0 aliphatic carbocycles. The largest absolute Gasteiger partial charge is 0.383 e. The molecular formula is C19H24N2O3. The van der Waals surface area contributed by atoms with Crippen LogP contribution >= 0.6 is 0 Å². The number of benzene rings is 2. The van der Waals surface area contributed by atoms with E-state index in [2.05, 4.69) is 5.32 Å². The summed E-state index contributed by atoms with van der Waals surface area (Å²) in [5, 5.41) is 5.16. The first kappa shape index (κ1) is 18.1. The van der Waals surface area contributed by atoms with E-state index < -0.39 is 12.0 Å². The van der Waals surface area contributed by atoms with E-state index in [1.807, 2.05) is 42.5 Å². The molecule has 5 nitrogen and oxygen atoms in total. The maximum Gasteiger partial charge on any atom is 0.223 e. The first-order valence-electron chi connectivity index (χ1n) is 8.04. The standard InChI is InChI=1S/C19H24N2O3/c1-13(10-18(22)17(20)12-24-2)19(23)21-11-15-8-5-7-14-6-3-4-9-16(14)15/h3-9,13,17H,10-12,20H2,1-2H3,(H,21,23)/t13-,17+/m1/s1. The smallest absolute Gasteiger partial charge is 0.223 e. The quantitative estimate of drug-likeness (QED) is 0.777. The summed E-state index contributed by atoms with van der Waals surface area (Å²) in [5.74, 6) is -0.735. The number of rotatable bonds is 8. The Bertz CT molecular complexity index is 709. The summed E-state index contributed by atoms with van der Waals surface area (Å²) in [6, 6.07) is 13.4. The van der Waals surface area contributed by atoms with Crippen LogP contribution in [0, 0.1) is 5.92 Å². The van der Waals surface area contributed by atoms with E-state index >= 15 is 0 Å². The fraction of sp³-hybridized carbons (Fsp3) is 0.368. The molecule has 2 rings (SSSR count). The summed E-state index contributed by atoms with van der Waals surface area (Å²) < 4.78 is 4.87. The summed E-state index contributed by atoms with van der Waals surface area (Å²) in [7, 11) is 1.49. The molecule has 0 aliphatic rings. The average molecular weight is 328 g/mol. The Balaban J connectivity index is 1.93. The minimum Gasteiger partial charge on any atom is -0.383 e. The number of ketones is 1. The molecule has 0 radical (unpaired) electrons. The van der Waals surface area contributed by atoms with Gasteiger partial charge in [0.25, 0.3) is 0 Å². The number of fused-ring (bicyclic) bond motifs is 1. The molecule has 128 valence electrons. The van der Waals surface area contributed by atoms with Gasteiger partial charge in [0, 0.05) is 26.0 Å². The second kappa shape index (κ2) is 8.57. The van der Waals surface area contributed by atoms with Crippen LogP contribution in [0.4, 0.5) is 0 Å². The van der Waals surface area contributed by atoms with Gasteiger partial charge in [0.15, 0.2) is 5.78 Å². The SMILES string of the molecule is COC[C@H](N)C(=O)C[C@@H](C)C(=O)NCc1cccc2ccccc12. The van der Waals surface area contributed by atoms with E-state index in [4.69, 9.17) is 10.5 Å². The van der Waals surface area contributed by atoms with Crippen LogP contribution in [0.15, 0.2) is 42.5 Å². The third-order valence-electron chi connectivity index (χ3n) is 4.05. The zero-order valence-corrected chi connectivity index (χ0v) is 14.1. The van der Waals surface area contributed by atoms with E-state index in [1.54, 1.807) is 6.92 Å². The molecular weight excluding hydrogens is 304 g/mol. The van der Waals surface area contributed by atoms with E-state index in [9.17, 15) is 9.59 Å². The van der Waals surface area contributed by atoms with Crippen LogP contribution in [-0.2, 0) is 20.9 Å². The van der Waals surface area contributed by atoms with Crippen molar-refractivity contribution in [3.63, 3.8) is 0 Å². The molecule has 0 saturated carbocycles. The first-order chi connectivity index (χ1) is 11.5. The highest BCUT2D eigenvalue weighted by atomic mass is 16.5. The summed E-state index contributed by atoms with van der Waals surface area (Å²) in [5.41, 5.74) is 6.75. The molecule has 5 heteroatoms. The van der Waals surface area contributed by atoms with E-state index in [0.717, 1.165) is 16.3 Å². The maximum atomic E-state index is 12.2. The number of carbonyl (C=O) groups is 2. The number of ether oxygens (including phenoxy) is 1. The van der Waals surface area contributed by atoms with E-state index in [0.29, 0.717) is 6.54 Å². The van der Waals surface area contributed by atoms with Crippen LogP contribution in [0.5, 0.6) is 0 Å². The molecule has 2 atom stereocenters. The molecule has 0 aliphatic heterocycles. The summed E-state index contributed by atoms with van der Waals surface area (Å²) >= 11 is 0. The van der Waals surface area contributed by atoms with Gasteiger partial charge in [0.05, 0.1) is 12.6 Å². The number of amides is 1. The highest BCUT2D eigenvalue weighted by Gasteiger charge is 2.21. The van der Waals surface area contributed by atoms with Gasteiger partial charge in [-0.15, -0.1) is 0 Å². The number of methoxy groups -OCH3 is 1. The molecule has 0 saturated heterocycles. The van der Waals surface area contributed by atoms with Gasteiger partial charge in [-0.25, -0.2) is 0 Å². The van der Waals surface area contributed by atoms with Crippen molar-refractivity contribution >= 4 is 22.5 Å². The molecule has 3 N–H and O–H groups in total. The minimum atomic E-state index is -0.677. The van der Waals surface area contributed by atoms with Gasteiger partial charge in [-0.2, -0.15) is 0 Å². The predicted molar refractivity (Wildman–Crippen MR) is 94.4 cm³/mol. The zero-order valence-electron chi connectivity index (χ0n) is 14.1. The van der Waals surface area contributed by atoms with Crippen LogP contribution in [-0.4, -0.2) is 31.4 Å². The lowest BCUT2D eigenvalue weighted by atomic mass is 9.99. The molecule has 2 aromatic carbocycles. The molecule has 0 aromatic heterocycles. The third-order valence-corrected chi connectivity index (χ3v) is 4.05. The molecule has 0 bridgehead atoms. The van der Waals surface area contributed by atoms with Crippen molar-refractivity contribution in [2.24, 2.45) is 11.7 Å². The molecule has 1 amide bonds. The van der Waals surface area contributed by atoms with Crippen LogP contribution in [0.3, 0.4) is 0 Å². The van der Waals surface area contributed by atoms with Crippen LogP contribution < -0.4 is 11.1 Å². The average Bonchev–Trinajstić information content (AvgIpc) is 2.59. The second-order valence-corrected chi connectivity index (χ2v) is 5.99. The number of nitrogens with one attached hydrogen (secondary N) is 1. The van der Waals surface area contributed by atoms with Gasteiger partial charge >= 0.3 is 0 Å². The number of hydrogen-bond acceptors (Lipinski definition) is 4. The molecule has 0 fully saturated rings. The lowest BCUT2D eigenvalue weighted by Crippen LogP contribution is -2.38. The Kier molecular flexibility index (Phi) is 6.46. The van der Waals surface area contributed by atoms with Crippen LogP contribution in [0.1, 0.15) is 18.9 Å². The molecule has 24 heavy (non-hydrogen) atoms. The Morgan fingerprint density at radius 3 is 2.62 bits per heavy atom. The van der Waals surface area contributed by atoms with Crippen molar-refractivity contribution in [1.29, 1.82) is 0 Å². The van der Waals surface area contributed by atoms with Crippen molar-refractivity contribution in [3.8, 4) is 0 Å². The number of carbonyl (C=O) groups excluding carboxylic acids is 2. The van der Waals surface area contributed by atoms with Crippen LogP contribution in [0.25, 0.3) is 10.8 Å². The first-order valence-corrected chi connectivity index (χ1v) is 8.04. The molecule has 0 heterocycles. The van der Waals surface area contributed by atoms with Crippen LogP contribution in [0.2, 0.25) is 0 Å². The summed E-state index contributed by atoms with van der Waals surface area (Å²) in [6.07, 6.45) is 0.117. The van der Waals surface area contributed by atoms with Crippen molar-refractivity contribution in [1.82, 2.24) is 5.32 Å². The number of hydrogen-bond donors (Lipinski definition) is 2. The van der Waals surface area contributed by atoms with Crippen molar-refractivity contribution < 1.29 is 14.3 Å². The minimum absolute atomic E-state index is 0.117. The second-order valence-electron chi connectivity index (χ2n) is 5.99. The highest BCUT2D eigenvalue weighted by Crippen LogP contribution is 2.18. The van der Waals surface area contributed by atoms with Gasteiger partial charge in [-0.05, 0) is 16.3 Å². The third kappa shape index (κ3) is 4.63. The Hall–Kier alpha value is -2.24. The van der Waals surface area contributed by atoms with Crippen molar-refractivity contribution in [2.75, 3.05) is 13.7 Å². The van der Waals surface area contributed by atoms with Gasteiger partial charge < -0.3 is 15.8 Å². The van der Waals surface area contributed by atoms with Gasteiger partial charge in [0.1, 0.15) is 0 Å². The Labute approximate surface area is 142 Å². The lowest BCUT2D eigenvalue weighted by molar-refractivity contribution is -0.130.